The van der Waals surface area contributed by atoms with E-state index in [1.165, 1.54) is 13.0 Å². The zero-order valence-electron chi connectivity index (χ0n) is 9.75. The summed E-state index contributed by atoms with van der Waals surface area (Å²) in [6.07, 6.45) is -7.41. The van der Waals surface area contributed by atoms with Crippen molar-refractivity contribution in [2.75, 3.05) is 6.61 Å². The molecule has 8 heteroatoms. The van der Waals surface area contributed by atoms with Crippen molar-refractivity contribution < 1.29 is 40.2 Å². The minimum Gasteiger partial charge on any atom is -0.430 e. The molecule has 0 aliphatic heterocycles. The highest BCUT2D eigenvalue weighted by Crippen LogP contribution is 2.09. The largest absolute Gasteiger partial charge is 0.430 e. The number of rotatable bonds is 7. The van der Waals surface area contributed by atoms with E-state index in [-0.39, 0.29) is 0 Å². The van der Waals surface area contributed by atoms with Crippen LogP contribution in [0.2, 0.25) is 0 Å². The van der Waals surface area contributed by atoms with Crippen LogP contribution in [0.1, 0.15) is 6.92 Å². The summed E-state index contributed by atoms with van der Waals surface area (Å²) in [6, 6.07) is 0. The van der Waals surface area contributed by atoms with Crippen LogP contribution >= 0.6 is 0 Å². The SMILES string of the molecule is CC=CC(=O)OC(O)[C@H](O)[C@@H](O)[C@H](O)[C@H](O)CO. The molecule has 0 aromatic carbocycles. The van der Waals surface area contributed by atoms with E-state index >= 15 is 0 Å². The Morgan fingerprint density at radius 3 is 2.11 bits per heavy atom. The molecule has 1 unspecified atom stereocenters. The number of allylic oxidation sites excluding steroid dienone is 1. The van der Waals surface area contributed by atoms with E-state index in [1.807, 2.05) is 0 Å². The number of hydrogen-bond donors (Lipinski definition) is 6. The Bertz CT molecular complexity index is 279. The molecule has 0 fully saturated rings. The number of ether oxygens (including phenoxy) is 1. The minimum absolute atomic E-state index is 0.848. The van der Waals surface area contributed by atoms with Gasteiger partial charge in [0.05, 0.1) is 6.61 Å². The molecule has 0 rings (SSSR count). The zero-order chi connectivity index (χ0) is 14.3. The third-order valence-electron chi connectivity index (χ3n) is 2.11. The second-order valence-corrected chi connectivity index (χ2v) is 3.55. The summed E-state index contributed by atoms with van der Waals surface area (Å²) in [7, 11) is 0. The van der Waals surface area contributed by atoms with Crippen molar-refractivity contribution in [1.29, 1.82) is 0 Å². The van der Waals surface area contributed by atoms with Crippen LogP contribution in [-0.4, -0.2) is 73.9 Å². The van der Waals surface area contributed by atoms with E-state index in [0.29, 0.717) is 0 Å². The molecular weight excluding hydrogens is 248 g/mol. The van der Waals surface area contributed by atoms with Crippen molar-refractivity contribution >= 4 is 5.97 Å². The fourth-order valence-corrected chi connectivity index (χ4v) is 1.07. The van der Waals surface area contributed by atoms with Crippen molar-refractivity contribution in [3.63, 3.8) is 0 Å². The topological polar surface area (TPSA) is 148 Å². The maximum Gasteiger partial charge on any atom is 0.332 e. The van der Waals surface area contributed by atoms with Crippen LogP contribution in [-0.2, 0) is 9.53 Å². The van der Waals surface area contributed by atoms with Crippen LogP contribution in [0.25, 0.3) is 0 Å². The van der Waals surface area contributed by atoms with E-state index < -0.39 is 43.3 Å². The lowest BCUT2D eigenvalue weighted by Gasteiger charge is -2.27. The Balaban J connectivity index is 4.44. The molecule has 0 bridgehead atoms. The number of hydrogen-bond acceptors (Lipinski definition) is 8. The van der Waals surface area contributed by atoms with E-state index in [0.717, 1.165) is 6.08 Å². The molecular formula is C10H18O8. The van der Waals surface area contributed by atoms with Gasteiger partial charge in [0.1, 0.15) is 24.4 Å². The average Bonchev–Trinajstić information content (AvgIpc) is 2.35. The molecule has 6 N–H and O–H groups in total. The molecule has 0 heterocycles. The Morgan fingerprint density at radius 1 is 1.11 bits per heavy atom. The molecule has 0 aliphatic rings. The predicted molar refractivity (Wildman–Crippen MR) is 58.0 cm³/mol. The molecule has 0 amide bonds. The molecule has 0 saturated carbocycles. The second kappa shape index (κ2) is 8.14. The fraction of sp³-hybridized carbons (Fsp3) is 0.700. The third-order valence-corrected chi connectivity index (χ3v) is 2.11. The lowest BCUT2D eigenvalue weighted by molar-refractivity contribution is -0.210. The number of aliphatic hydroxyl groups excluding tert-OH is 6. The van der Waals surface area contributed by atoms with Crippen molar-refractivity contribution in [3.05, 3.63) is 12.2 Å². The highest BCUT2D eigenvalue weighted by atomic mass is 16.6. The Morgan fingerprint density at radius 2 is 1.67 bits per heavy atom. The van der Waals surface area contributed by atoms with E-state index in [9.17, 15) is 25.2 Å². The van der Waals surface area contributed by atoms with Gasteiger partial charge in [-0.1, -0.05) is 6.08 Å². The first-order chi connectivity index (χ1) is 8.34. The zero-order valence-corrected chi connectivity index (χ0v) is 9.75. The molecule has 0 aliphatic carbocycles. The van der Waals surface area contributed by atoms with Gasteiger partial charge in [-0.25, -0.2) is 4.79 Å². The summed E-state index contributed by atoms with van der Waals surface area (Å²) in [5, 5.41) is 54.8. The molecule has 0 radical (unpaired) electrons. The average molecular weight is 266 g/mol. The van der Waals surface area contributed by atoms with Gasteiger partial charge in [0.25, 0.3) is 0 Å². The first-order valence-electron chi connectivity index (χ1n) is 5.19. The summed E-state index contributed by atoms with van der Waals surface area (Å²) >= 11 is 0. The number of carbonyl (C=O) groups excluding carboxylic acids is 1. The maximum absolute atomic E-state index is 10.9. The summed E-state index contributed by atoms with van der Waals surface area (Å²) in [5.41, 5.74) is 0. The van der Waals surface area contributed by atoms with Crippen molar-refractivity contribution in [3.8, 4) is 0 Å². The van der Waals surface area contributed by atoms with Crippen molar-refractivity contribution in [2.45, 2.75) is 37.6 Å². The minimum atomic E-state index is -2.08. The Labute approximate surface area is 103 Å². The Hall–Kier alpha value is -1.03. The monoisotopic (exact) mass is 266 g/mol. The predicted octanol–water partition coefficient (Wildman–Crippen LogP) is -3.14. The lowest BCUT2D eigenvalue weighted by Crippen LogP contribution is -2.50. The van der Waals surface area contributed by atoms with Crippen molar-refractivity contribution in [1.82, 2.24) is 0 Å². The first-order valence-corrected chi connectivity index (χ1v) is 5.19. The number of aliphatic hydroxyl groups is 6. The fourth-order valence-electron chi connectivity index (χ4n) is 1.07. The molecule has 0 aromatic heterocycles. The smallest absolute Gasteiger partial charge is 0.332 e. The molecule has 5 atom stereocenters. The summed E-state index contributed by atoms with van der Waals surface area (Å²) in [4.78, 5) is 10.9. The molecule has 0 saturated heterocycles. The molecule has 8 nitrogen and oxygen atoms in total. The van der Waals surface area contributed by atoms with Gasteiger partial charge in [-0.2, -0.15) is 0 Å². The normalized spacial score (nSPS) is 20.2. The van der Waals surface area contributed by atoms with Crippen LogP contribution < -0.4 is 0 Å². The highest BCUT2D eigenvalue weighted by Gasteiger charge is 2.35. The van der Waals surface area contributed by atoms with Gasteiger partial charge in [-0.15, -0.1) is 0 Å². The van der Waals surface area contributed by atoms with Crippen molar-refractivity contribution in [2.24, 2.45) is 0 Å². The van der Waals surface area contributed by atoms with Gasteiger partial charge < -0.3 is 35.4 Å². The van der Waals surface area contributed by atoms with Crippen LogP contribution in [0.15, 0.2) is 12.2 Å². The van der Waals surface area contributed by atoms with Crippen LogP contribution in [0.3, 0.4) is 0 Å². The van der Waals surface area contributed by atoms with E-state index in [4.69, 9.17) is 10.2 Å². The number of carbonyl (C=O) groups is 1. The van der Waals surface area contributed by atoms with E-state index in [2.05, 4.69) is 4.74 Å². The van der Waals surface area contributed by atoms with Gasteiger partial charge in [0.15, 0.2) is 0 Å². The van der Waals surface area contributed by atoms with Crippen LogP contribution in [0.5, 0.6) is 0 Å². The highest BCUT2D eigenvalue weighted by molar-refractivity contribution is 5.81. The number of esters is 1. The van der Waals surface area contributed by atoms with Gasteiger partial charge in [0, 0.05) is 6.08 Å². The van der Waals surface area contributed by atoms with Gasteiger partial charge in [0.2, 0.25) is 6.29 Å². The molecule has 106 valence electrons. The van der Waals surface area contributed by atoms with Gasteiger partial charge in [-0.05, 0) is 6.92 Å². The molecule has 0 aromatic rings. The lowest BCUT2D eigenvalue weighted by atomic mass is 10.0. The van der Waals surface area contributed by atoms with E-state index in [1.54, 1.807) is 0 Å². The summed E-state index contributed by atoms with van der Waals surface area (Å²) in [5.74, 6) is -0.951. The third kappa shape index (κ3) is 5.08. The standard InChI is InChI=1S/C10H18O8/c1-2-3-6(13)18-10(17)9(16)8(15)7(14)5(12)4-11/h2-3,5,7-12,14-17H,4H2,1H3/t5-,7-,8+,9-,10?/m1/s1. The summed E-state index contributed by atoms with van der Waals surface area (Å²) in [6.45, 7) is 0.680. The molecule has 0 spiro atoms. The van der Waals surface area contributed by atoms with Crippen LogP contribution in [0, 0.1) is 0 Å². The second-order valence-electron chi connectivity index (χ2n) is 3.55. The van der Waals surface area contributed by atoms with Gasteiger partial charge >= 0.3 is 5.97 Å². The summed E-state index contributed by atoms with van der Waals surface area (Å²) < 4.78 is 4.30. The van der Waals surface area contributed by atoms with Gasteiger partial charge in [-0.3, -0.25) is 0 Å². The Kier molecular flexibility index (Phi) is 7.67. The van der Waals surface area contributed by atoms with Crippen LogP contribution in [0.4, 0.5) is 0 Å². The quantitative estimate of drug-likeness (QED) is 0.161. The maximum atomic E-state index is 10.9. The molecule has 18 heavy (non-hydrogen) atoms. The first kappa shape index (κ1) is 17.0.